The highest BCUT2D eigenvalue weighted by atomic mass is 35.5. The number of halogens is 1. The molecule has 0 saturated carbocycles. The van der Waals surface area contributed by atoms with Crippen LogP contribution in [0.25, 0.3) is 10.2 Å². The van der Waals surface area contributed by atoms with E-state index >= 15 is 0 Å². The monoisotopic (exact) mass is 363 g/mol. The van der Waals surface area contributed by atoms with Crippen molar-refractivity contribution in [3.8, 4) is 5.75 Å². The predicted octanol–water partition coefficient (Wildman–Crippen LogP) is 4.44. The van der Waals surface area contributed by atoms with E-state index in [9.17, 15) is 4.79 Å². The molecule has 3 aromatic rings. The number of thiophene rings is 1. The first kappa shape index (κ1) is 16.8. The number of ether oxygens (including phenoxy) is 1. The minimum absolute atomic E-state index is 0.0988. The van der Waals surface area contributed by atoms with E-state index < -0.39 is 0 Å². The van der Waals surface area contributed by atoms with Crippen LogP contribution in [0.2, 0.25) is 5.02 Å². The van der Waals surface area contributed by atoms with Crippen molar-refractivity contribution in [2.75, 3.05) is 12.4 Å². The van der Waals surface area contributed by atoms with Gasteiger partial charge in [-0.25, -0.2) is 4.98 Å². The van der Waals surface area contributed by atoms with Crippen molar-refractivity contribution < 1.29 is 4.74 Å². The van der Waals surface area contributed by atoms with Gasteiger partial charge < -0.3 is 15.0 Å². The lowest BCUT2D eigenvalue weighted by Gasteiger charge is -2.15. The molecule has 2 aromatic heterocycles. The van der Waals surface area contributed by atoms with Crippen LogP contribution in [0.5, 0.6) is 5.75 Å². The normalized spacial score (nSPS) is 12.4. The molecule has 5 nitrogen and oxygen atoms in total. The lowest BCUT2D eigenvalue weighted by molar-refractivity contribution is 0.415. The minimum Gasteiger partial charge on any atom is -0.495 e. The lowest BCUT2D eigenvalue weighted by Crippen LogP contribution is -2.17. The topological polar surface area (TPSA) is 67.0 Å². The standard InChI is InChI=1S/C17H18ClN3O2S/c1-8-10(3)24-17-14(8)16(22)20-15(21-17)9(2)19-11-5-6-13(23-4)12(18)7-11/h5-7,9,19H,1-4H3,(H,20,21,22)/t9-/m0/s1. The number of aromatic nitrogens is 2. The molecule has 0 radical (unpaired) electrons. The van der Waals surface area contributed by atoms with Crippen LogP contribution in [0.4, 0.5) is 5.69 Å². The average molecular weight is 364 g/mol. The van der Waals surface area contributed by atoms with Crippen LogP contribution < -0.4 is 15.6 Å². The maximum Gasteiger partial charge on any atom is 0.259 e. The van der Waals surface area contributed by atoms with E-state index in [-0.39, 0.29) is 11.6 Å². The molecule has 2 N–H and O–H groups in total. The van der Waals surface area contributed by atoms with Gasteiger partial charge in [0, 0.05) is 10.6 Å². The molecule has 0 aliphatic carbocycles. The van der Waals surface area contributed by atoms with Crippen LogP contribution >= 0.6 is 22.9 Å². The Hall–Kier alpha value is -2.05. The molecule has 0 bridgehead atoms. The van der Waals surface area contributed by atoms with Crippen LogP contribution in [0.1, 0.15) is 29.2 Å². The third-order valence-corrected chi connectivity index (χ3v) is 5.40. The van der Waals surface area contributed by atoms with Crippen molar-refractivity contribution in [2.24, 2.45) is 0 Å². The molecule has 126 valence electrons. The maximum absolute atomic E-state index is 12.4. The highest BCUT2D eigenvalue weighted by Gasteiger charge is 2.15. The molecule has 24 heavy (non-hydrogen) atoms. The summed E-state index contributed by atoms with van der Waals surface area (Å²) in [6.07, 6.45) is 0. The Morgan fingerprint density at radius 3 is 2.79 bits per heavy atom. The number of aryl methyl sites for hydroxylation is 2. The van der Waals surface area contributed by atoms with Crippen molar-refractivity contribution >= 4 is 38.8 Å². The van der Waals surface area contributed by atoms with E-state index in [1.54, 1.807) is 30.6 Å². The van der Waals surface area contributed by atoms with Crippen LogP contribution in [0.3, 0.4) is 0 Å². The average Bonchev–Trinajstić information content (AvgIpc) is 2.82. The number of hydrogen-bond acceptors (Lipinski definition) is 5. The number of anilines is 1. The summed E-state index contributed by atoms with van der Waals surface area (Å²) in [5, 5.41) is 4.50. The van der Waals surface area contributed by atoms with E-state index in [0.29, 0.717) is 22.0 Å². The Bertz CT molecular complexity index is 964. The lowest BCUT2D eigenvalue weighted by atomic mass is 10.2. The Balaban J connectivity index is 1.92. The minimum atomic E-state index is -0.172. The molecule has 1 atom stereocenters. The SMILES string of the molecule is COc1ccc(N[C@@H](C)c2nc3sc(C)c(C)c3c(=O)[nH]2)cc1Cl. The van der Waals surface area contributed by atoms with Crippen LogP contribution in [-0.2, 0) is 0 Å². The highest BCUT2D eigenvalue weighted by Crippen LogP contribution is 2.30. The number of H-pyrrole nitrogens is 1. The molecule has 3 rings (SSSR count). The summed E-state index contributed by atoms with van der Waals surface area (Å²) in [6.45, 7) is 5.89. The maximum atomic E-state index is 12.4. The summed E-state index contributed by atoms with van der Waals surface area (Å²) in [5.41, 5.74) is 1.73. The van der Waals surface area contributed by atoms with Crippen molar-refractivity contribution in [2.45, 2.75) is 26.8 Å². The van der Waals surface area contributed by atoms with E-state index in [0.717, 1.165) is 21.0 Å². The summed E-state index contributed by atoms with van der Waals surface area (Å²) in [6, 6.07) is 5.28. The summed E-state index contributed by atoms with van der Waals surface area (Å²) in [7, 11) is 1.58. The molecule has 2 heterocycles. The van der Waals surface area contributed by atoms with Gasteiger partial charge in [-0.3, -0.25) is 4.79 Å². The largest absolute Gasteiger partial charge is 0.495 e. The molecular weight excluding hydrogens is 346 g/mol. The van der Waals surface area contributed by atoms with Crippen molar-refractivity contribution in [3.63, 3.8) is 0 Å². The van der Waals surface area contributed by atoms with Gasteiger partial charge in [-0.1, -0.05) is 11.6 Å². The zero-order chi connectivity index (χ0) is 17.4. The number of hydrogen-bond donors (Lipinski definition) is 2. The molecule has 7 heteroatoms. The summed E-state index contributed by atoms with van der Waals surface area (Å²) < 4.78 is 5.15. The molecule has 0 aliphatic rings. The van der Waals surface area contributed by atoms with Crippen LogP contribution in [-0.4, -0.2) is 17.1 Å². The second-order valence-electron chi connectivity index (χ2n) is 5.63. The zero-order valence-electron chi connectivity index (χ0n) is 13.9. The third-order valence-electron chi connectivity index (χ3n) is 4.00. The molecule has 0 fully saturated rings. The fourth-order valence-corrected chi connectivity index (χ4v) is 3.85. The second-order valence-corrected chi connectivity index (χ2v) is 7.24. The number of benzene rings is 1. The first-order valence-electron chi connectivity index (χ1n) is 7.50. The predicted molar refractivity (Wildman–Crippen MR) is 99.8 cm³/mol. The number of nitrogens with one attached hydrogen (secondary N) is 2. The number of aromatic amines is 1. The number of methoxy groups -OCH3 is 1. The second kappa shape index (κ2) is 6.45. The van der Waals surface area contributed by atoms with Gasteiger partial charge in [-0.05, 0) is 44.5 Å². The van der Waals surface area contributed by atoms with Gasteiger partial charge in [0.2, 0.25) is 0 Å². The molecule has 0 spiro atoms. The first-order chi connectivity index (χ1) is 11.4. The first-order valence-corrected chi connectivity index (χ1v) is 8.70. The van der Waals surface area contributed by atoms with Crippen LogP contribution in [0.15, 0.2) is 23.0 Å². The zero-order valence-corrected chi connectivity index (χ0v) is 15.4. The fraction of sp³-hybridized carbons (Fsp3) is 0.294. The molecule has 0 amide bonds. The van der Waals surface area contributed by atoms with E-state index in [1.807, 2.05) is 26.8 Å². The Kier molecular flexibility index (Phi) is 4.51. The van der Waals surface area contributed by atoms with Gasteiger partial charge in [0.25, 0.3) is 5.56 Å². The van der Waals surface area contributed by atoms with E-state index in [4.69, 9.17) is 16.3 Å². The Labute approximate surface area is 148 Å². The smallest absolute Gasteiger partial charge is 0.259 e. The van der Waals surface area contributed by atoms with Gasteiger partial charge in [0.1, 0.15) is 16.4 Å². The van der Waals surface area contributed by atoms with Crippen molar-refractivity contribution in [1.82, 2.24) is 9.97 Å². The van der Waals surface area contributed by atoms with Gasteiger partial charge in [0.15, 0.2) is 0 Å². The highest BCUT2D eigenvalue weighted by molar-refractivity contribution is 7.18. The Morgan fingerprint density at radius 2 is 2.12 bits per heavy atom. The van der Waals surface area contributed by atoms with Crippen LogP contribution in [0, 0.1) is 13.8 Å². The summed E-state index contributed by atoms with van der Waals surface area (Å²) >= 11 is 7.69. The van der Waals surface area contributed by atoms with Crippen molar-refractivity contribution in [1.29, 1.82) is 0 Å². The van der Waals surface area contributed by atoms with Gasteiger partial charge in [-0.2, -0.15) is 0 Å². The molecular formula is C17H18ClN3O2S. The van der Waals surface area contributed by atoms with Gasteiger partial charge in [0.05, 0.1) is 23.6 Å². The Morgan fingerprint density at radius 1 is 1.38 bits per heavy atom. The third kappa shape index (κ3) is 2.99. The quantitative estimate of drug-likeness (QED) is 0.719. The molecule has 0 unspecified atom stereocenters. The van der Waals surface area contributed by atoms with Gasteiger partial charge >= 0.3 is 0 Å². The summed E-state index contributed by atoms with van der Waals surface area (Å²) in [4.78, 5) is 21.8. The molecule has 1 aromatic carbocycles. The molecule has 0 aliphatic heterocycles. The van der Waals surface area contributed by atoms with E-state index in [2.05, 4.69) is 15.3 Å². The number of rotatable bonds is 4. The fourth-order valence-electron chi connectivity index (χ4n) is 2.55. The van der Waals surface area contributed by atoms with Crippen molar-refractivity contribution in [3.05, 3.63) is 49.8 Å². The van der Waals surface area contributed by atoms with Gasteiger partial charge in [-0.15, -0.1) is 11.3 Å². The van der Waals surface area contributed by atoms with E-state index in [1.165, 1.54) is 0 Å². The molecule has 0 saturated heterocycles. The number of fused-ring (bicyclic) bond motifs is 1. The number of nitrogens with zero attached hydrogens (tertiary/aromatic N) is 1. The summed E-state index contributed by atoms with van der Waals surface area (Å²) in [5.74, 6) is 1.22.